The van der Waals surface area contributed by atoms with Gasteiger partial charge in [0.2, 0.25) is 0 Å². The molecular weight excluding hydrogens is 212 g/mol. The van der Waals surface area contributed by atoms with E-state index in [4.69, 9.17) is 4.74 Å². The first-order valence-corrected chi connectivity index (χ1v) is 5.79. The Morgan fingerprint density at radius 1 is 1.24 bits per heavy atom. The summed E-state index contributed by atoms with van der Waals surface area (Å²) in [5.41, 5.74) is 3.46. The first-order chi connectivity index (χ1) is 8.13. The number of nitrogens with zero attached hydrogens (tertiary/aromatic N) is 2. The van der Waals surface area contributed by atoms with Crippen molar-refractivity contribution in [2.75, 3.05) is 7.11 Å². The van der Waals surface area contributed by atoms with E-state index in [0.29, 0.717) is 5.92 Å². The monoisotopic (exact) mass is 230 g/mol. The standard InChI is InChI=1S/C14H18N2O/c1-10(2)12-6-5-11(9-14(12)17-4)13-7-8-15-16(13)3/h5-10H,1-4H3. The van der Waals surface area contributed by atoms with Crippen molar-refractivity contribution in [2.24, 2.45) is 7.05 Å². The number of aryl methyl sites for hydroxylation is 1. The summed E-state index contributed by atoms with van der Waals surface area (Å²) >= 11 is 0. The Kier molecular flexibility index (Phi) is 3.18. The predicted octanol–water partition coefficient (Wildman–Crippen LogP) is 3.22. The van der Waals surface area contributed by atoms with Crippen LogP contribution in [0.4, 0.5) is 0 Å². The molecule has 0 saturated heterocycles. The van der Waals surface area contributed by atoms with Gasteiger partial charge < -0.3 is 4.74 Å². The highest BCUT2D eigenvalue weighted by Gasteiger charge is 2.10. The van der Waals surface area contributed by atoms with E-state index in [9.17, 15) is 0 Å². The second-order valence-corrected chi connectivity index (χ2v) is 4.45. The Morgan fingerprint density at radius 2 is 2.00 bits per heavy atom. The molecule has 0 aliphatic heterocycles. The summed E-state index contributed by atoms with van der Waals surface area (Å²) in [5.74, 6) is 1.41. The first-order valence-electron chi connectivity index (χ1n) is 5.79. The molecule has 0 bridgehead atoms. The van der Waals surface area contributed by atoms with E-state index in [1.165, 1.54) is 5.56 Å². The van der Waals surface area contributed by atoms with Crippen LogP contribution in [-0.4, -0.2) is 16.9 Å². The van der Waals surface area contributed by atoms with Crippen molar-refractivity contribution < 1.29 is 4.74 Å². The van der Waals surface area contributed by atoms with Gasteiger partial charge in [0.15, 0.2) is 0 Å². The molecule has 1 aromatic heterocycles. The summed E-state index contributed by atoms with van der Waals surface area (Å²) in [6.07, 6.45) is 1.80. The molecular formula is C14H18N2O. The quantitative estimate of drug-likeness (QED) is 0.809. The Hall–Kier alpha value is -1.77. The minimum absolute atomic E-state index is 0.463. The van der Waals surface area contributed by atoms with Gasteiger partial charge in [0.25, 0.3) is 0 Å². The van der Waals surface area contributed by atoms with Crippen LogP contribution < -0.4 is 4.74 Å². The average molecular weight is 230 g/mol. The Bertz CT molecular complexity index is 515. The van der Waals surface area contributed by atoms with Crippen molar-refractivity contribution in [3.63, 3.8) is 0 Å². The molecule has 17 heavy (non-hydrogen) atoms. The molecule has 0 radical (unpaired) electrons. The van der Waals surface area contributed by atoms with Gasteiger partial charge in [-0.3, -0.25) is 4.68 Å². The molecule has 0 saturated carbocycles. The summed E-state index contributed by atoms with van der Waals surface area (Å²) in [6.45, 7) is 4.34. The second kappa shape index (κ2) is 4.62. The molecule has 0 amide bonds. The van der Waals surface area contributed by atoms with Crippen LogP contribution in [-0.2, 0) is 7.05 Å². The van der Waals surface area contributed by atoms with E-state index in [2.05, 4.69) is 37.1 Å². The van der Waals surface area contributed by atoms with Crippen LogP contribution in [0.15, 0.2) is 30.5 Å². The van der Waals surface area contributed by atoms with Gasteiger partial charge in [-0.15, -0.1) is 0 Å². The Labute approximate surface area is 102 Å². The van der Waals surface area contributed by atoms with Crippen LogP contribution in [0.5, 0.6) is 5.75 Å². The van der Waals surface area contributed by atoms with Gasteiger partial charge in [-0.1, -0.05) is 26.0 Å². The fourth-order valence-electron chi connectivity index (χ4n) is 2.00. The largest absolute Gasteiger partial charge is 0.496 e. The zero-order valence-electron chi connectivity index (χ0n) is 10.8. The summed E-state index contributed by atoms with van der Waals surface area (Å²) in [6, 6.07) is 8.33. The van der Waals surface area contributed by atoms with E-state index in [1.807, 2.05) is 17.8 Å². The van der Waals surface area contributed by atoms with Crippen molar-refractivity contribution in [3.8, 4) is 17.0 Å². The van der Waals surface area contributed by atoms with E-state index in [0.717, 1.165) is 17.0 Å². The lowest BCUT2D eigenvalue weighted by Crippen LogP contribution is -1.97. The molecule has 0 fully saturated rings. The molecule has 90 valence electrons. The van der Waals surface area contributed by atoms with Crippen LogP contribution >= 0.6 is 0 Å². The van der Waals surface area contributed by atoms with Gasteiger partial charge in [0.05, 0.1) is 12.8 Å². The lowest BCUT2D eigenvalue weighted by Gasteiger charge is -2.13. The number of methoxy groups -OCH3 is 1. The molecule has 0 aliphatic rings. The average Bonchev–Trinajstić information content (AvgIpc) is 2.74. The second-order valence-electron chi connectivity index (χ2n) is 4.45. The number of hydrogen-bond donors (Lipinski definition) is 0. The molecule has 0 aliphatic carbocycles. The number of aromatic nitrogens is 2. The normalized spacial score (nSPS) is 10.9. The van der Waals surface area contributed by atoms with Gasteiger partial charge in [-0.2, -0.15) is 5.10 Å². The molecule has 3 nitrogen and oxygen atoms in total. The van der Waals surface area contributed by atoms with E-state index in [1.54, 1.807) is 13.3 Å². The number of rotatable bonds is 3. The number of benzene rings is 1. The van der Waals surface area contributed by atoms with Crippen LogP contribution in [0.2, 0.25) is 0 Å². The van der Waals surface area contributed by atoms with Crippen molar-refractivity contribution in [2.45, 2.75) is 19.8 Å². The van der Waals surface area contributed by atoms with Crippen LogP contribution in [0.1, 0.15) is 25.3 Å². The molecule has 3 heteroatoms. The van der Waals surface area contributed by atoms with Gasteiger partial charge in [-0.05, 0) is 23.6 Å². The third-order valence-electron chi connectivity index (χ3n) is 2.97. The smallest absolute Gasteiger partial charge is 0.122 e. The number of ether oxygens (including phenoxy) is 1. The summed E-state index contributed by atoms with van der Waals surface area (Å²) < 4.78 is 7.32. The highest BCUT2D eigenvalue weighted by molar-refractivity contribution is 5.63. The van der Waals surface area contributed by atoms with Gasteiger partial charge >= 0.3 is 0 Å². The maximum Gasteiger partial charge on any atom is 0.122 e. The SMILES string of the molecule is COc1cc(-c2ccnn2C)ccc1C(C)C. The highest BCUT2D eigenvalue weighted by Crippen LogP contribution is 2.31. The minimum atomic E-state index is 0.463. The van der Waals surface area contributed by atoms with Gasteiger partial charge in [0, 0.05) is 18.8 Å². The van der Waals surface area contributed by atoms with Crippen molar-refractivity contribution in [1.29, 1.82) is 0 Å². The molecule has 0 N–H and O–H groups in total. The Balaban J connectivity index is 2.49. The van der Waals surface area contributed by atoms with Gasteiger partial charge in [-0.25, -0.2) is 0 Å². The Morgan fingerprint density at radius 3 is 2.53 bits per heavy atom. The molecule has 1 heterocycles. The third kappa shape index (κ3) is 2.18. The summed E-state index contributed by atoms with van der Waals surface area (Å²) in [4.78, 5) is 0. The maximum absolute atomic E-state index is 5.46. The highest BCUT2D eigenvalue weighted by atomic mass is 16.5. The van der Waals surface area contributed by atoms with Crippen LogP contribution in [0.25, 0.3) is 11.3 Å². The fraction of sp³-hybridized carbons (Fsp3) is 0.357. The van der Waals surface area contributed by atoms with E-state index < -0.39 is 0 Å². The number of hydrogen-bond acceptors (Lipinski definition) is 2. The summed E-state index contributed by atoms with van der Waals surface area (Å²) in [7, 11) is 3.66. The molecule has 2 aromatic rings. The lowest BCUT2D eigenvalue weighted by molar-refractivity contribution is 0.407. The van der Waals surface area contributed by atoms with Gasteiger partial charge in [0.1, 0.15) is 5.75 Å². The van der Waals surface area contributed by atoms with Crippen molar-refractivity contribution in [3.05, 3.63) is 36.0 Å². The molecule has 0 spiro atoms. The zero-order valence-corrected chi connectivity index (χ0v) is 10.8. The predicted molar refractivity (Wildman–Crippen MR) is 69.3 cm³/mol. The van der Waals surface area contributed by atoms with Crippen molar-refractivity contribution >= 4 is 0 Å². The molecule has 0 unspecified atom stereocenters. The van der Waals surface area contributed by atoms with Crippen LogP contribution in [0.3, 0.4) is 0 Å². The van der Waals surface area contributed by atoms with Crippen molar-refractivity contribution in [1.82, 2.24) is 9.78 Å². The third-order valence-corrected chi connectivity index (χ3v) is 2.97. The maximum atomic E-state index is 5.46. The zero-order chi connectivity index (χ0) is 12.4. The minimum Gasteiger partial charge on any atom is -0.496 e. The topological polar surface area (TPSA) is 27.1 Å². The molecule has 2 rings (SSSR count). The van der Waals surface area contributed by atoms with E-state index >= 15 is 0 Å². The lowest BCUT2D eigenvalue weighted by atomic mass is 9.99. The fourth-order valence-corrected chi connectivity index (χ4v) is 2.00. The molecule has 0 atom stereocenters. The van der Waals surface area contributed by atoms with Crippen LogP contribution in [0, 0.1) is 0 Å². The van der Waals surface area contributed by atoms with E-state index in [-0.39, 0.29) is 0 Å². The molecule has 1 aromatic carbocycles. The first kappa shape index (κ1) is 11.7. The summed E-state index contributed by atoms with van der Waals surface area (Å²) in [5, 5.41) is 4.18.